The Morgan fingerprint density at radius 3 is 1.08 bits per heavy atom. The summed E-state index contributed by atoms with van der Waals surface area (Å²) in [6.07, 6.45) is 9.16. The Kier molecular flexibility index (Phi) is 13.1. The molecule has 0 unspecified atom stereocenters. The van der Waals surface area contributed by atoms with Crippen molar-refractivity contribution >= 4 is 81.1 Å². The van der Waals surface area contributed by atoms with Crippen LogP contribution in [0.4, 0.5) is 34.1 Å². The Balaban J connectivity index is 0.975. The number of aryl methyl sites for hydroxylation is 4. The predicted octanol–water partition coefficient (Wildman–Crippen LogP) is 15.6. The number of nitrogens with zero attached hydrogens (tertiary/aromatic N) is 6. The average Bonchev–Trinajstić information content (AvgIpc) is 3.14. The van der Waals surface area contributed by atoms with Crippen LogP contribution in [0.2, 0.25) is 0 Å². The highest BCUT2D eigenvalue weighted by Crippen LogP contribution is 2.45. The first-order chi connectivity index (χ1) is 40.1. The molecule has 2 aliphatic heterocycles. The molecule has 2 fully saturated rings. The molecule has 10 nitrogen and oxygen atoms in total. The van der Waals surface area contributed by atoms with E-state index in [1.807, 2.05) is 36.4 Å². The highest BCUT2D eigenvalue weighted by atomic mass is 16.7. The third-order valence-corrected chi connectivity index (χ3v) is 18.7. The average molecular weight is 1090 g/mol. The van der Waals surface area contributed by atoms with Gasteiger partial charge in [0.05, 0.1) is 33.4 Å². The van der Waals surface area contributed by atoms with Gasteiger partial charge in [0.2, 0.25) is 5.95 Å². The Morgan fingerprint density at radius 2 is 0.699 bits per heavy atom. The molecule has 0 spiro atoms. The van der Waals surface area contributed by atoms with Crippen LogP contribution in [-0.4, -0.2) is 56.2 Å². The molecule has 0 N–H and O–H groups in total. The van der Waals surface area contributed by atoms with Crippen LogP contribution in [0, 0.1) is 0 Å². The first kappa shape index (κ1) is 53.2. The molecule has 10 aromatic rings. The van der Waals surface area contributed by atoms with E-state index in [2.05, 4.69) is 215 Å². The summed E-state index contributed by atoms with van der Waals surface area (Å²) in [6, 6.07) is 65.7. The van der Waals surface area contributed by atoms with Gasteiger partial charge in [0, 0.05) is 56.0 Å². The molecule has 414 valence electrons. The number of anilines is 6. The lowest BCUT2D eigenvalue weighted by Gasteiger charge is -2.32. The summed E-state index contributed by atoms with van der Waals surface area (Å²) in [5.74, 6) is 1.73. The van der Waals surface area contributed by atoms with Crippen LogP contribution in [0.15, 0.2) is 182 Å². The quantitative estimate of drug-likeness (QED) is 0.118. The molecule has 0 amide bonds. The number of hydrogen-bond donors (Lipinski definition) is 0. The Morgan fingerprint density at radius 1 is 0.361 bits per heavy atom. The number of rotatable bonds is 11. The van der Waals surface area contributed by atoms with Crippen molar-refractivity contribution in [1.82, 2.24) is 19.5 Å². The largest absolute Gasteiger partial charge is 0.494 e. The molecule has 14 rings (SSSR count). The molecule has 0 bridgehead atoms. The second-order valence-corrected chi connectivity index (χ2v) is 25.1. The van der Waals surface area contributed by atoms with Crippen LogP contribution in [0.25, 0.3) is 50.5 Å². The summed E-state index contributed by atoms with van der Waals surface area (Å²) in [5.41, 5.74) is 16.0. The predicted molar refractivity (Wildman–Crippen MR) is 339 cm³/mol. The highest BCUT2D eigenvalue weighted by molar-refractivity contribution is 6.62. The first-order valence-corrected chi connectivity index (χ1v) is 29.8. The lowest BCUT2D eigenvalue weighted by Crippen LogP contribution is -2.41. The minimum absolute atomic E-state index is 0.454. The van der Waals surface area contributed by atoms with E-state index in [9.17, 15) is 0 Å². The lowest BCUT2D eigenvalue weighted by atomic mass is 9.79. The molecule has 0 atom stereocenters. The van der Waals surface area contributed by atoms with Crippen molar-refractivity contribution in [3.05, 3.63) is 204 Å². The zero-order chi connectivity index (χ0) is 56.8. The summed E-state index contributed by atoms with van der Waals surface area (Å²) in [5, 5.41) is 2.11. The molecule has 0 saturated carbocycles. The van der Waals surface area contributed by atoms with Gasteiger partial charge in [-0.3, -0.25) is 4.57 Å². The third kappa shape index (κ3) is 9.63. The topological polar surface area (TPSA) is 87.0 Å². The van der Waals surface area contributed by atoms with Crippen LogP contribution in [0.1, 0.15) is 103 Å². The molecule has 2 aliphatic carbocycles. The summed E-state index contributed by atoms with van der Waals surface area (Å²) < 4.78 is 28.4. The normalized spacial score (nSPS) is 17.6. The van der Waals surface area contributed by atoms with Gasteiger partial charge in [-0.25, -0.2) is 4.98 Å². The number of benzene rings is 8. The molecule has 4 aliphatic rings. The second kappa shape index (κ2) is 20.5. The van der Waals surface area contributed by atoms with Gasteiger partial charge in [-0.15, -0.1) is 0 Å². The molecule has 2 saturated heterocycles. The van der Waals surface area contributed by atoms with E-state index in [0.717, 1.165) is 104 Å². The fourth-order valence-electron chi connectivity index (χ4n) is 12.5. The zero-order valence-electron chi connectivity index (χ0n) is 48.9. The van der Waals surface area contributed by atoms with E-state index >= 15 is 0 Å². The fourth-order valence-corrected chi connectivity index (χ4v) is 12.5. The van der Waals surface area contributed by atoms with Crippen molar-refractivity contribution in [2.45, 2.75) is 129 Å². The number of hydrogen-bond acceptors (Lipinski definition) is 9. The van der Waals surface area contributed by atoms with E-state index < -0.39 is 36.6 Å². The van der Waals surface area contributed by atoms with Gasteiger partial charge in [0.25, 0.3) is 0 Å². The van der Waals surface area contributed by atoms with Gasteiger partial charge in [0.15, 0.2) is 11.6 Å². The monoisotopic (exact) mass is 1090 g/mol. The van der Waals surface area contributed by atoms with Gasteiger partial charge in [-0.05, 0) is 225 Å². The van der Waals surface area contributed by atoms with Crippen LogP contribution in [0.3, 0.4) is 0 Å². The number of aromatic nitrogens is 4. The Bertz CT molecular complexity index is 3800. The first-order valence-electron chi connectivity index (χ1n) is 29.8. The van der Waals surface area contributed by atoms with Crippen LogP contribution < -0.4 is 20.7 Å². The van der Waals surface area contributed by atoms with Crippen LogP contribution >= 0.6 is 0 Å². The standard InChI is InChI=1S/C71H70B2N6O4/c1-68(2)69(3,4)81-72(80-68)53-29-35-55(36-30-53)77(57-33-27-47-19-15-17-25-51(47)43-57)59-39-41-63-61(45-59)62-46-60(40-42-64(62)79(63)67-75-65(49-21-11-9-12-22-49)74-66(76-67)50-23-13-10-14-24-50)78(58-34-28-48-20-16-18-26-52(48)44-58)56-37-31-54(32-38-56)73-82-70(5,6)71(7,8)83-73/h9-14,21-24,27-46H,15-20,25-26H2,1-8H3. The molecule has 2 aromatic heterocycles. The minimum Gasteiger partial charge on any atom is -0.399 e. The lowest BCUT2D eigenvalue weighted by molar-refractivity contribution is 0.00578. The van der Waals surface area contributed by atoms with E-state index in [-0.39, 0.29) is 0 Å². The molecule has 4 heterocycles. The van der Waals surface area contributed by atoms with E-state index in [0.29, 0.717) is 17.6 Å². The van der Waals surface area contributed by atoms with Crippen molar-refractivity contribution in [2.75, 3.05) is 9.80 Å². The molecule has 8 aromatic carbocycles. The van der Waals surface area contributed by atoms with E-state index in [1.54, 1.807) is 0 Å². The second-order valence-electron chi connectivity index (χ2n) is 25.1. The van der Waals surface area contributed by atoms with Gasteiger partial charge < -0.3 is 28.4 Å². The summed E-state index contributed by atoms with van der Waals surface area (Å²) >= 11 is 0. The van der Waals surface area contributed by atoms with Crippen molar-refractivity contribution in [3.8, 4) is 28.7 Å². The van der Waals surface area contributed by atoms with Crippen molar-refractivity contribution in [3.63, 3.8) is 0 Å². The summed E-state index contributed by atoms with van der Waals surface area (Å²) in [6.45, 7) is 16.8. The van der Waals surface area contributed by atoms with Gasteiger partial charge in [0.1, 0.15) is 0 Å². The fraction of sp³-hybridized carbons (Fsp3) is 0.282. The van der Waals surface area contributed by atoms with Crippen LogP contribution in [-0.2, 0) is 44.3 Å². The molecular formula is C71H70B2N6O4. The Labute approximate surface area is 488 Å². The highest BCUT2D eigenvalue weighted by Gasteiger charge is 2.53. The number of fused-ring (bicyclic) bond motifs is 5. The van der Waals surface area contributed by atoms with Crippen molar-refractivity contribution in [1.29, 1.82) is 0 Å². The van der Waals surface area contributed by atoms with Crippen LogP contribution in [0.5, 0.6) is 0 Å². The van der Waals surface area contributed by atoms with Gasteiger partial charge in [-0.2, -0.15) is 9.97 Å². The van der Waals surface area contributed by atoms with E-state index in [1.165, 1.54) is 47.9 Å². The summed E-state index contributed by atoms with van der Waals surface area (Å²) in [7, 11) is -0.950. The van der Waals surface area contributed by atoms with Gasteiger partial charge >= 0.3 is 14.2 Å². The zero-order valence-corrected chi connectivity index (χ0v) is 48.9. The molecule has 12 heteroatoms. The van der Waals surface area contributed by atoms with E-state index in [4.69, 9.17) is 33.6 Å². The summed E-state index contributed by atoms with van der Waals surface area (Å²) in [4.78, 5) is 20.6. The van der Waals surface area contributed by atoms with Crippen molar-refractivity contribution in [2.24, 2.45) is 0 Å². The maximum Gasteiger partial charge on any atom is 0.494 e. The SMILES string of the molecule is CC1(C)OB(c2ccc(N(c3ccc4c(c3)CCCC4)c3ccc4c(c3)c3cc(N(c5ccc(B6OC(C)(C)C(C)(C)O6)cc5)c5ccc6c(c5)CCCC6)ccc3n4-c3nc(-c4ccccc4)nc(-c4ccccc4)n3)cc2)OC1(C)C. The smallest absolute Gasteiger partial charge is 0.399 e. The van der Waals surface area contributed by atoms with Gasteiger partial charge in [-0.1, -0.05) is 97.1 Å². The Hall–Kier alpha value is -7.86. The maximum absolute atomic E-state index is 6.56. The maximum atomic E-state index is 6.56. The third-order valence-electron chi connectivity index (χ3n) is 18.7. The minimum atomic E-state index is -0.475. The molecule has 0 radical (unpaired) electrons. The molecule has 83 heavy (non-hydrogen) atoms. The van der Waals surface area contributed by atoms with Crippen molar-refractivity contribution < 1.29 is 18.6 Å². The molecular weight excluding hydrogens is 1020 g/mol.